The highest BCUT2D eigenvalue weighted by atomic mass is 79.9. The topological polar surface area (TPSA) is 32.5 Å². The van der Waals surface area contributed by atoms with E-state index in [-0.39, 0.29) is 6.04 Å². The lowest BCUT2D eigenvalue weighted by Crippen LogP contribution is -2.53. The molecule has 20 heavy (non-hydrogen) atoms. The lowest BCUT2D eigenvalue weighted by atomic mass is 10.0. The highest BCUT2D eigenvalue weighted by Crippen LogP contribution is 2.31. The van der Waals surface area contributed by atoms with E-state index >= 15 is 0 Å². The van der Waals surface area contributed by atoms with Gasteiger partial charge in [-0.05, 0) is 37.2 Å². The van der Waals surface area contributed by atoms with Crippen molar-refractivity contribution < 1.29 is 0 Å². The largest absolute Gasteiger partial charge is 0.329 e. The first-order valence-electron chi connectivity index (χ1n) is 7.20. The van der Waals surface area contributed by atoms with Crippen LogP contribution >= 0.6 is 27.5 Å². The quantitative estimate of drug-likeness (QED) is 0.895. The van der Waals surface area contributed by atoms with Gasteiger partial charge in [0.25, 0.3) is 0 Å². The van der Waals surface area contributed by atoms with Crippen LogP contribution in [0.5, 0.6) is 0 Å². The number of hydrogen-bond acceptors (Lipinski definition) is 3. The Morgan fingerprint density at radius 1 is 1.45 bits per heavy atom. The van der Waals surface area contributed by atoms with Gasteiger partial charge in [0.2, 0.25) is 0 Å². The molecule has 0 saturated carbocycles. The fraction of sp³-hybridized carbons (Fsp3) is 0.600. The summed E-state index contributed by atoms with van der Waals surface area (Å²) in [5.41, 5.74) is 7.24. The van der Waals surface area contributed by atoms with Gasteiger partial charge in [-0.15, -0.1) is 0 Å². The van der Waals surface area contributed by atoms with Crippen molar-refractivity contribution in [3.05, 3.63) is 33.3 Å². The molecule has 5 heteroatoms. The summed E-state index contributed by atoms with van der Waals surface area (Å²) in [6.07, 6.45) is 0. The Morgan fingerprint density at radius 2 is 2.20 bits per heavy atom. The van der Waals surface area contributed by atoms with E-state index in [2.05, 4.69) is 39.6 Å². The van der Waals surface area contributed by atoms with Gasteiger partial charge < -0.3 is 5.73 Å². The predicted molar refractivity (Wildman–Crippen MR) is 89.2 cm³/mol. The summed E-state index contributed by atoms with van der Waals surface area (Å²) in [6, 6.07) is 6.73. The smallest absolute Gasteiger partial charge is 0.0483 e. The van der Waals surface area contributed by atoms with Gasteiger partial charge in [-0.25, -0.2) is 0 Å². The van der Waals surface area contributed by atoms with Crippen LogP contribution < -0.4 is 5.73 Å². The van der Waals surface area contributed by atoms with Gasteiger partial charge in [-0.2, -0.15) is 0 Å². The van der Waals surface area contributed by atoms with Crippen molar-refractivity contribution in [1.29, 1.82) is 0 Å². The summed E-state index contributed by atoms with van der Waals surface area (Å²) in [7, 11) is 0. The Kier molecular flexibility index (Phi) is 5.87. The van der Waals surface area contributed by atoms with Crippen LogP contribution in [0, 0.1) is 0 Å². The average molecular weight is 361 g/mol. The van der Waals surface area contributed by atoms with Crippen LogP contribution in [0.25, 0.3) is 0 Å². The minimum absolute atomic E-state index is 0.226. The van der Waals surface area contributed by atoms with E-state index in [1.54, 1.807) is 0 Å². The number of halogens is 2. The lowest BCUT2D eigenvalue weighted by Gasteiger charge is -2.43. The molecule has 0 amide bonds. The summed E-state index contributed by atoms with van der Waals surface area (Å²) in [5.74, 6) is 0. The van der Waals surface area contributed by atoms with Gasteiger partial charge >= 0.3 is 0 Å². The second-order valence-corrected chi connectivity index (χ2v) is 6.68. The number of likely N-dealkylation sites (N-methyl/N-ethyl adjacent to an activating group) is 1. The molecular weight excluding hydrogens is 338 g/mol. The number of nitrogens with zero attached hydrogens (tertiary/aromatic N) is 2. The summed E-state index contributed by atoms with van der Waals surface area (Å²) >= 11 is 9.77. The molecule has 1 aliphatic heterocycles. The lowest BCUT2D eigenvalue weighted by molar-refractivity contribution is 0.0605. The molecule has 2 atom stereocenters. The maximum Gasteiger partial charge on any atom is 0.0483 e. The van der Waals surface area contributed by atoms with Crippen LogP contribution in [-0.2, 0) is 0 Å². The van der Waals surface area contributed by atoms with Gasteiger partial charge in [-0.1, -0.05) is 34.5 Å². The Bertz CT molecular complexity index is 455. The molecule has 0 aromatic heterocycles. The Balaban J connectivity index is 2.18. The molecule has 1 aliphatic rings. The summed E-state index contributed by atoms with van der Waals surface area (Å²) in [4.78, 5) is 4.99. The highest BCUT2D eigenvalue weighted by Gasteiger charge is 2.28. The third kappa shape index (κ3) is 3.55. The molecule has 3 nitrogen and oxygen atoms in total. The van der Waals surface area contributed by atoms with Crippen molar-refractivity contribution >= 4 is 27.5 Å². The second kappa shape index (κ2) is 7.23. The van der Waals surface area contributed by atoms with Crippen LogP contribution in [-0.4, -0.2) is 48.6 Å². The fourth-order valence-corrected chi connectivity index (χ4v) is 3.71. The fourth-order valence-electron chi connectivity index (χ4n) is 3.02. The molecule has 1 saturated heterocycles. The van der Waals surface area contributed by atoms with Gasteiger partial charge in [0.05, 0.1) is 0 Å². The van der Waals surface area contributed by atoms with E-state index in [1.165, 1.54) is 5.56 Å². The zero-order valence-electron chi connectivity index (χ0n) is 12.1. The molecule has 2 N–H and O–H groups in total. The molecule has 0 bridgehead atoms. The molecule has 0 spiro atoms. The van der Waals surface area contributed by atoms with Gasteiger partial charge in [0.15, 0.2) is 0 Å². The van der Waals surface area contributed by atoms with Crippen LogP contribution in [0.1, 0.15) is 25.5 Å². The van der Waals surface area contributed by atoms with E-state index in [9.17, 15) is 0 Å². The zero-order chi connectivity index (χ0) is 14.7. The molecule has 0 aliphatic carbocycles. The van der Waals surface area contributed by atoms with Crippen molar-refractivity contribution in [2.24, 2.45) is 5.73 Å². The van der Waals surface area contributed by atoms with Crippen molar-refractivity contribution in [3.63, 3.8) is 0 Å². The monoisotopic (exact) mass is 359 g/mol. The molecular formula is C15H23BrClN3. The summed E-state index contributed by atoms with van der Waals surface area (Å²) in [6.45, 7) is 9.44. The van der Waals surface area contributed by atoms with Crippen molar-refractivity contribution in [2.45, 2.75) is 25.9 Å². The van der Waals surface area contributed by atoms with E-state index < -0.39 is 0 Å². The molecule has 1 heterocycles. The van der Waals surface area contributed by atoms with Crippen molar-refractivity contribution in [1.82, 2.24) is 9.80 Å². The standard InChI is InChI=1S/C15H23BrClN3/c1-3-19-6-7-20(10-11(19)2)15(9-18)13-8-12(17)4-5-14(13)16/h4-5,8,11,15H,3,6-7,9-10,18H2,1-2H3. The Hall–Kier alpha value is -0.130. The Morgan fingerprint density at radius 3 is 2.80 bits per heavy atom. The second-order valence-electron chi connectivity index (χ2n) is 5.39. The molecule has 112 valence electrons. The van der Waals surface area contributed by atoms with Crippen molar-refractivity contribution in [2.75, 3.05) is 32.7 Å². The number of hydrogen-bond donors (Lipinski definition) is 1. The first kappa shape index (κ1) is 16.2. The third-order valence-electron chi connectivity index (χ3n) is 4.18. The zero-order valence-corrected chi connectivity index (χ0v) is 14.5. The third-order valence-corrected chi connectivity index (χ3v) is 5.14. The summed E-state index contributed by atoms with van der Waals surface area (Å²) in [5, 5.41) is 0.766. The molecule has 1 aromatic rings. The SMILES string of the molecule is CCN1CCN(C(CN)c2cc(Cl)ccc2Br)CC1C. The van der Waals surface area contributed by atoms with Gasteiger partial charge in [-0.3, -0.25) is 9.80 Å². The number of piperazine rings is 1. The van der Waals surface area contributed by atoms with Gasteiger partial charge in [0, 0.05) is 47.8 Å². The first-order valence-corrected chi connectivity index (χ1v) is 8.37. The van der Waals surface area contributed by atoms with Gasteiger partial charge in [0.1, 0.15) is 0 Å². The molecule has 1 aromatic carbocycles. The molecule has 2 unspecified atom stereocenters. The van der Waals surface area contributed by atoms with Crippen LogP contribution in [0.4, 0.5) is 0 Å². The summed E-state index contributed by atoms with van der Waals surface area (Å²) < 4.78 is 1.09. The Labute approximate surface area is 135 Å². The number of nitrogens with two attached hydrogens (primary N) is 1. The van der Waals surface area contributed by atoms with E-state index in [4.69, 9.17) is 17.3 Å². The normalized spacial score (nSPS) is 22.9. The number of rotatable bonds is 4. The predicted octanol–water partition coefficient (Wildman–Crippen LogP) is 3.13. The van der Waals surface area contributed by atoms with E-state index in [1.807, 2.05) is 18.2 Å². The molecule has 2 rings (SSSR count). The average Bonchev–Trinajstić information content (AvgIpc) is 2.44. The maximum absolute atomic E-state index is 6.14. The van der Waals surface area contributed by atoms with Crippen molar-refractivity contribution in [3.8, 4) is 0 Å². The minimum atomic E-state index is 0.226. The van der Waals surface area contributed by atoms with E-state index in [0.717, 1.165) is 35.7 Å². The van der Waals surface area contributed by atoms with Crippen LogP contribution in [0.2, 0.25) is 5.02 Å². The van der Waals surface area contributed by atoms with E-state index in [0.29, 0.717) is 12.6 Å². The minimum Gasteiger partial charge on any atom is -0.329 e. The molecule has 1 fully saturated rings. The van der Waals surface area contributed by atoms with Crippen LogP contribution in [0.3, 0.4) is 0 Å². The highest BCUT2D eigenvalue weighted by molar-refractivity contribution is 9.10. The molecule has 0 radical (unpaired) electrons. The number of benzene rings is 1. The van der Waals surface area contributed by atoms with Crippen LogP contribution in [0.15, 0.2) is 22.7 Å². The maximum atomic E-state index is 6.14. The first-order chi connectivity index (χ1) is 9.56.